The largest absolute Gasteiger partial charge is 0.369 e. The van der Waals surface area contributed by atoms with Crippen molar-refractivity contribution < 1.29 is 14.4 Å². The first-order valence-corrected chi connectivity index (χ1v) is 9.64. The van der Waals surface area contributed by atoms with E-state index in [9.17, 15) is 14.4 Å². The van der Waals surface area contributed by atoms with E-state index < -0.39 is 5.91 Å². The number of benzene rings is 2. The van der Waals surface area contributed by atoms with E-state index in [1.54, 1.807) is 60.8 Å². The number of carbonyl (C=O) groups excluding carboxylic acids is 3. The molecule has 1 aromatic heterocycles. The van der Waals surface area contributed by atoms with Gasteiger partial charge in [-0.2, -0.15) is 0 Å². The van der Waals surface area contributed by atoms with Crippen molar-refractivity contribution in [2.45, 2.75) is 4.90 Å². The second kappa shape index (κ2) is 9.52. The van der Waals surface area contributed by atoms with E-state index in [2.05, 4.69) is 15.6 Å². The molecule has 1 heterocycles. The molecule has 0 aliphatic heterocycles. The molecule has 0 saturated heterocycles. The SMILES string of the molecule is NC(=O)CSc1ccccc1NC(=O)c1cccc(NC(=O)c2cccnc2)c1. The normalized spacial score (nSPS) is 10.2. The highest BCUT2D eigenvalue weighted by atomic mass is 32.2. The lowest BCUT2D eigenvalue weighted by Gasteiger charge is -2.11. The van der Waals surface area contributed by atoms with Crippen LogP contribution in [0.5, 0.6) is 0 Å². The molecule has 0 spiro atoms. The lowest BCUT2D eigenvalue weighted by Crippen LogP contribution is -2.16. The van der Waals surface area contributed by atoms with Gasteiger partial charge in [-0.3, -0.25) is 19.4 Å². The highest BCUT2D eigenvalue weighted by molar-refractivity contribution is 8.00. The van der Waals surface area contributed by atoms with Crippen LogP contribution in [0.15, 0.2) is 78.0 Å². The fourth-order valence-corrected chi connectivity index (χ4v) is 3.22. The van der Waals surface area contributed by atoms with Crippen molar-refractivity contribution in [3.8, 4) is 0 Å². The molecule has 3 aromatic rings. The molecule has 0 aliphatic carbocycles. The number of primary amides is 1. The summed E-state index contributed by atoms with van der Waals surface area (Å²) < 4.78 is 0. The summed E-state index contributed by atoms with van der Waals surface area (Å²) in [5.41, 5.74) is 7.06. The summed E-state index contributed by atoms with van der Waals surface area (Å²) in [6.45, 7) is 0. The Kier molecular flexibility index (Phi) is 6.59. The summed E-state index contributed by atoms with van der Waals surface area (Å²) in [5.74, 6) is -0.977. The highest BCUT2D eigenvalue weighted by Crippen LogP contribution is 2.27. The smallest absolute Gasteiger partial charge is 0.257 e. The fraction of sp³-hybridized carbons (Fsp3) is 0.0476. The van der Waals surface area contributed by atoms with Crippen molar-refractivity contribution in [1.82, 2.24) is 4.98 Å². The van der Waals surface area contributed by atoms with Crippen molar-refractivity contribution in [3.63, 3.8) is 0 Å². The molecular weight excluding hydrogens is 388 g/mol. The van der Waals surface area contributed by atoms with E-state index >= 15 is 0 Å². The summed E-state index contributed by atoms with van der Waals surface area (Å²) in [4.78, 5) is 40.6. The van der Waals surface area contributed by atoms with Crippen LogP contribution in [0.25, 0.3) is 0 Å². The maximum atomic E-state index is 12.7. The molecule has 4 N–H and O–H groups in total. The first-order valence-electron chi connectivity index (χ1n) is 8.66. The number of para-hydroxylation sites is 1. The number of anilines is 2. The van der Waals surface area contributed by atoms with Crippen LogP contribution < -0.4 is 16.4 Å². The molecule has 7 nitrogen and oxygen atoms in total. The predicted octanol–water partition coefficient (Wildman–Crippen LogP) is 3.16. The van der Waals surface area contributed by atoms with Crippen LogP contribution in [0, 0.1) is 0 Å². The Morgan fingerprint density at radius 3 is 2.41 bits per heavy atom. The van der Waals surface area contributed by atoms with Crippen molar-refractivity contribution in [2.75, 3.05) is 16.4 Å². The van der Waals surface area contributed by atoms with Gasteiger partial charge in [0.05, 0.1) is 17.0 Å². The number of carbonyl (C=O) groups is 3. The number of nitrogens with zero attached hydrogens (tertiary/aromatic N) is 1. The highest BCUT2D eigenvalue weighted by Gasteiger charge is 2.12. The lowest BCUT2D eigenvalue weighted by molar-refractivity contribution is -0.115. The van der Waals surface area contributed by atoms with E-state index in [-0.39, 0.29) is 17.6 Å². The van der Waals surface area contributed by atoms with Crippen molar-refractivity contribution >= 4 is 40.9 Å². The summed E-state index contributed by atoms with van der Waals surface area (Å²) in [6, 6.07) is 17.1. The number of nitrogens with one attached hydrogen (secondary N) is 2. The van der Waals surface area contributed by atoms with Gasteiger partial charge in [0.15, 0.2) is 0 Å². The van der Waals surface area contributed by atoms with E-state index in [4.69, 9.17) is 5.73 Å². The van der Waals surface area contributed by atoms with Crippen LogP contribution in [0.4, 0.5) is 11.4 Å². The summed E-state index contributed by atoms with van der Waals surface area (Å²) in [6.07, 6.45) is 3.05. The minimum Gasteiger partial charge on any atom is -0.369 e. The maximum absolute atomic E-state index is 12.7. The molecule has 3 amide bonds. The summed E-state index contributed by atoms with van der Waals surface area (Å²) in [5, 5.41) is 5.58. The third-order valence-corrected chi connectivity index (χ3v) is 4.91. The minimum atomic E-state index is -0.437. The van der Waals surface area contributed by atoms with Crippen molar-refractivity contribution in [1.29, 1.82) is 0 Å². The van der Waals surface area contributed by atoms with Gasteiger partial charge in [-0.1, -0.05) is 18.2 Å². The van der Waals surface area contributed by atoms with Crippen LogP contribution in [0.1, 0.15) is 20.7 Å². The van der Waals surface area contributed by atoms with Crippen molar-refractivity contribution in [2.24, 2.45) is 5.73 Å². The van der Waals surface area contributed by atoms with Gasteiger partial charge in [-0.05, 0) is 42.5 Å². The Morgan fingerprint density at radius 1 is 0.897 bits per heavy atom. The molecule has 0 unspecified atom stereocenters. The number of aromatic nitrogens is 1. The Bertz CT molecular complexity index is 1040. The Balaban J connectivity index is 1.72. The Labute approximate surface area is 171 Å². The molecule has 0 fully saturated rings. The standard InChI is InChI=1S/C21H18N4O3S/c22-19(26)13-29-18-9-2-1-8-17(18)25-20(27)14-5-3-7-16(11-14)24-21(28)15-6-4-10-23-12-15/h1-12H,13H2,(H2,22,26)(H,24,28)(H,25,27). The van der Waals surface area contributed by atoms with Gasteiger partial charge < -0.3 is 16.4 Å². The molecule has 0 saturated carbocycles. The first kappa shape index (κ1) is 20.1. The molecule has 0 aliphatic rings. The molecule has 0 atom stereocenters. The van der Waals surface area contributed by atoms with Gasteiger partial charge in [0.25, 0.3) is 11.8 Å². The summed E-state index contributed by atoms with van der Waals surface area (Å²) >= 11 is 1.25. The number of rotatable bonds is 7. The second-order valence-corrected chi connectivity index (χ2v) is 7.00. The van der Waals surface area contributed by atoms with Crippen LogP contribution in [0.3, 0.4) is 0 Å². The average Bonchev–Trinajstić information content (AvgIpc) is 2.74. The van der Waals surface area contributed by atoms with Crippen molar-refractivity contribution in [3.05, 3.63) is 84.2 Å². The zero-order valence-electron chi connectivity index (χ0n) is 15.3. The number of thioether (sulfide) groups is 1. The van der Waals surface area contributed by atoms with E-state index in [1.807, 2.05) is 6.07 Å². The fourth-order valence-electron chi connectivity index (χ4n) is 2.48. The lowest BCUT2D eigenvalue weighted by atomic mass is 10.1. The molecule has 146 valence electrons. The summed E-state index contributed by atoms with van der Waals surface area (Å²) in [7, 11) is 0. The molecule has 0 radical (unpaired) electrons. The van der Waals surface area contributed by atoms with E-state index in [0.717, 1.165) is 4.90 Å². The van der Waals surface area contributed by atoms with E-state index in [1.165, 1.54) is 18.0 Å². The molecule has 0 bridgehead atoms. The third-order valence-electron chi connectivity index (χ3n) is 3.81. The molecule has 8 heteroatoms. The zero-order chi connectivity index (χ0) is 20.6. The molecular formula is C21H18N4O3S. The van der Waals surface area contributed by atoms with Crippen LogP contribution in [-0.2, 0) is 4.79 Å². The van der Waals surface area contributed by atoms with Crippen LogP contribution >= 0.6 is 11.8 Å². The van der Waals surface area contributed by atoms with Crippen LogP contribution in [0.2, 0.25) is 0 Å². The zero-order valence-corrected chi connectivity index (χ0v) is 16.1. The van der Waals surface area contributed by atoms with E-state index in [0.29, 0.717) is 22.5 Å². The molecule has 29 heavy (non-hydrogen) atoms. The number of pyridine rings is 1. The minimum absolute atomic E-state index is 0.114. The van der Waals surface area contributed by atoms with Gasteiger partial charge in [-0.25, -0.2) is 0 Å². The number of amides is 3. The van der Waals surface area contributed by atoms with Gasteiger partial charge in [0, 0.05) is 28.5 Å². The van der Waals surface area contributed by atoms with Crippen LogP contribution in [-0.4, -0.2) is 28.5 Å². The first-order chi connectivity index (χ1) is 14.0. The number of hydrogen-bond acceptors (Lipinski definition) is 5. The molecule has 2 aromatic carbocycles. The van der Waals surface area contributed by atoms with Gasteiger partial charge >= 0.3 is 0 Å². The van der Waals surface area contributed by atoms with Gasteiger partial charge in [0.1, 0.15) is 0 Å². The predicted molar refractivity (Wildman–Crippen MR) is 113 cm³/mol. The number of hydrogen-bond donors (Lipinski definition) is 3. The van der Waals surface area contributed by atoms with Gasteiger partial charge in [0.2, 0.25) is 5.91 Å². The quantitative estimate of drug-likeness (QED) is 0.522. The Morgan fingerprint density at radius 2 is 1.66 bits per heavy atom. The monoisotopic (exact) mass is 406 g/mol. The maximum Gasteiger partial charge on any atom is 0.257 e. The van der Waals surface area contributed by atoms with Gasteiger partial charge in [-0.15, -0.1) is 11.8 Å². The Hall–Kier alpha value is -3.65. The number of nitrogens with two attached hydrogens (primary N) is 1. The second-order valence-electron chi connectivity index (χ2n) is 5.98. The topological polar surface area (TPSA) is 114 Å². The molecule has 3 rings (SSSR count). The third kappa shape index (κ3) is 5.66. The average molecular weight is 406 g/mol.